The van der Waals surface area contributed by atoms with Gasteiger partial charge in [0, 0.05) is 18.5 Å². The number of likely N-dealkylation sites (N-methyl/N-ethyl adjacent to an activating group) is 1. The van der Waals surface area contributed by atoms with E-state index < -0.39 is 0 Å². The first-order chi connectivity index (χ1) is 8.76. The molecule has 4 nitrogen and oxygen atoms in total. The molecule has 0 aromatic carbocycles. The number of aryl methyl sites for hydroxylation is 1. The SMILES string of the molecule is CCCN1CCOC(CNC)C1c1csc(C)n1. The highest BCUT2D eigenvalue weighted by atomic mass is 32.1. The summed E-state index contributed by atoms with van der Waals surface area (Å²) >= 11 is 1.72. The molecule has 0 aliphatic carbocycles. The van der Waals surface area contributed by atoms with E-state index >= 15 is 0 Å². The minimum absolute atomic E-state index is 0.205. The number of aromatic nitrogens is 1. The Hall–Kier alpha value is -0.490. The van der Waals surface area contributed by atoms with E-state index in [1.54, 1.807) is 11.3 Å². The summed E-state index contributed by atoms with van der Waals surface area (Å²) < 4.78 is 5.93. The van der Waals surface area contributed by atoms with Gasteiger partial charge in [0.25, 0.3) is 0 Å². The highest BCUT2D eigenvalue weighted by Gasteiger charge is 2.34. The van der Waals surface area contributed by atoms with Crippen molar-refractivity contribution in [3.05, 3.63) is 16.1 Å². The van der Waals surface area contributed by atoms with E-state index in [1.165, 1.54) is 12.1 Å². The molecular formula is C13H23N3OS. The van der Waals surface area contributed by atoms with Gasteiger partial charge in [0.1, 0.15) is 0 Å². The van der Waals surface area contributed by atoms with Crippen molar-refractivity contribution in [2.24, 2.45) is 0 Å². The second-order valence-electron chi connectivity index (χ2n) is 4.74. The molecule has 0 saturated carbocycles. The second-order valence-corrected chi connectivity index (χ2v) is 5.80. The molecule has 2 unspecified atom stereocenters. The number of rotatable bonds is 5. The van der Waals surface area contributed by atoms with Crippen LogP contribution in [0.25, 0.3) is 0 Å². The van der Waals surface area contributed by atoms with Crippen molar-refractivity contribution in [3.8, 4) is 0 Å². The van der Waals surface area contributed by atoms with Gasteiger partial charge in [0.05, 0.1) is 29.5 Å². The van der Waals surface area contributed by atoms with Crippen LogP contribution < -0.4 is 5.32 Å². The number of ether oxygens (including phenoxy) is 1. The van der Waals surface area contributed by atoms with E-state index in [1.807, 2.05) is 7.05 Å². The van der Waals surface area contributed by atoms with Crippen LogP contribution in [0.15, 0.2) is 5.38 Å². The Kier molecular flexibility index (Phi) is 5.12. The fraction of sp³-hybridized carbons (Fsp3) is 0.769. The lowest BCUT2D eigenvalue weighted by atomic mass is 10.0. The van der Waals surface area contributed by atoms with Gasteiger partial charge in [0.2, 0.25) is 0 Å². The monoisotopic (exact) mass is 269 g/mol. The molecule has 1 saturated heterocycles. The van der Waals surface area contributed by atoms with Gasteiger partial charge in [0.15, 0.2) is 0 Å². The predicted molar refractivity (Wildman–Crippen MR) is 75.1 cm³/mol. The molecule has 1 aliphatic rings. The molecule has 0 radical (unpaired) electrons. The Bertz CT molecular complexity index is 351. The molecule has 1 aromatic rings. The van der Waals surface area contributed by atoms with Gasteiger partial charge in [-0.3, -0.25) is 4.90 Å². The van der Waals surface area contributed by atoms with Crippen LogP contribution >= 0.6 is 11.3 Å². The van der Waals surface area contributed by atoms with Gasteiger partial charge in [-0.05, 0) is 26.9 Å². The zero-order chi connectivity index (χ0) is 13.0. The number of nitrogens with zero attached hydrogens (tertiary/aromatic N) is 2. The lowest BCUT2D eigenvalue weighted by Crippen LogP contribution is -2.49. The lowest BCUT2D eigenvalue weighted by molar-refractivity contribution is -0.0716. The number of thiazole rings is 1. The number of nitrogens with one attached hydrogen (secondary N) is 1. The summed E-state index contributed by atoms with van der Waals surface area (Å²) in [6.45, 7) is 8.12. The van der Waals surface area contributed by atoms with Crippen LogP contribution in [0, 0.1) is 6.92 Å². The summed E-state index contributed by atoms with van der Waals surface area (Å²) in [6.07, 6.45) is 1.38. The first-order valence-corrected chi connectivity index (χ1v) is 7.56. The Morgan fingerprint density at radius 2 is 2.44 bits per heavy atom. The number of hydrogen-bond acceptors (Lipinski definition) is 5. The van der Waals surface area contributed by atoms with Crippen LogP contribution in [0.5, 0.6) is 0 Å². The zero-order valence-electron chi connectivity index (χ0n) is 11.5. The summed E-state index contributed by atoms with van der Waals surface area (Å²) in [4.78, 5) is 7.18. The van der Waals surface area contributed by atoms with Crippen molar-refractivity contribution in [3.63, 3.8) is 0 Å². The molecule has 1 aromatic heterocycles. The van der Waals surface area contributed by atoms with Crippen LogP contribution in [0.3, 0.4) is 0 Å². The first kappa shape index (κ1) is 13.9. The Labute approximate surface area is 113 Å². The minimum Gasteiger partial charge on any atom is -0.374 e. The third-order valence-corrected chi connectivity index (χ3v) is 4.10. The quantitative estimate of drug-likeness (QED) is 0.885. The maximum absolute atomic E-state index is 5.93. The molecule has 1 N–H and O–H groups in total. The van der Waals surface area contributed by atoms with Crippen LogP contribution in [0.1, 0.15) is 30.1 Å². The molecule has 2 heterocycles. The zero-order valence-corrected chi connectivity index (χ0v) is 12.3. The normalized spacial score (nSPS) is 25.5. The van der Waals surface area contributed by atoms with Crippen molar-refractivity contribution in [1.82, 2.24) is 15.2 Å². The molecule has 2 atom stereocenters. The van der Waals surface area contributed by atoms with E-state index in [9.17, 15) is 0 Å². The topological polar surface area (TPSA) is 37.4 Å². The van der Waals surface area contributed by atoms with Crippen molar-refractivity contribution in [1.29, 1.82) is 0 Å². The average Bonchev–Trinajstić information content (AvgIpc) is 2.77. The molecule has 0 spiro atoms. The molecule has 1 aliphatic heterocycles. The van der Waals surface area contributed by atoms with Crippen LogP contribution in [-0.4, -0.2) is 49.3 Å². The summed E-state index contributed by atoms with van der Waals surface area (Å²) in [7, 11) is 1.98. The Morgan fingerprint density at radius 1 is 1.61 bits per heavy atom. The fourth-order valence-electron chi connectivity index (χ4n) is 2.59. The fourth-order valence-corrected chi connectivity index (χ4v) is 3.23. The molecule has 2 rings (SSSR count). The van der Waals surface area contributed by atoms with Crippen LogP contribution in [0.4, 0.5) is 0 Å². The Balaban J connectivity index is 2.20. The largest absolute Gasteiger partial charge is 0.374 e. The first-order valence-electron chi connectivity index (χ1n) is 6.68. The Morgan fingerprint density at radius 3 is 3.06 bits per heavy atom. The molecular weight excluding hydrogens is 246 g/mol. The molecule has 5 heteroatoms. The van der Waals surface area contributed by atoms with Gasteiger partial charge < -0.3 is 10.1 Å². The molecule has 1 fully saturated rings. The minimum atomic E-state index is 0.205. The van der Waals surface area contributed by atoms with E-state index in [0.29, 0.717) is 6.04 Å². The van der Waals surface area contributed by atoms with Crippen molar-refractivity contribution < 1.29 is 4.74 Å². The summed E-state index contributed by atoms with van der Waals surface area (Å²) in [5.41, 5.74) is 1.17. The molecule has 0 bridgehead atoms. The van der Waals surface area contributed by atoms with E-state index in [-0.39, 0.29) is 6.10 Å². The predicted octanol–water partition coefficient (Wildman–Crippen LogP) is 1.82. The van der Waals surface area contributed by atoms with Gasteiger partial charge in [-0.2, -0.15) is 0 Å². The average molecular weight is 269 g/mol. The summed E-state index contributed by atoms with van der Waals surface area (Å²) in [6, 6.07) is 0.302. The third-order valence-electron chi connectivity index (χ3n) is 3.31. The second kappa shape index (κ2) is 6.61. The lowest BCUT2D eigenvalue weighted by Gasteiger charge is -2.40. The molecule has 102 valence electrons. The highest BCUT2D eigenvalue weighted by molar-refractivity contribution is 7.09. The van der Waals surface area contributed by atoms with Crippen molar-refractivity contribution in [2.45, 2.75) is 32.4 Å². The number of hydrogen-bond donors (Lipinski definition) is 1. The summed E-state index contributed by atoms with van der Waals surface area (Å²) in [5.74, 6) is 0. The van der Waals surface area contributed by atoms with Gasteiger partial charge in [-0.15, -0.1) is 11.3 Å². The van der Waals surface area contributed by atoms with Gasteiger partial charge in [-0.1, -0.05) is 6.92 Å². The van der Waals surface area contributed by atoms with Crippen molar-refractivity contribution in [2.75, 3.05) is 33.3 Å². The van der Waals surface area contributed by atoms with Crippen LogP contribution in [-0.2, 0) is 4.74 Å². The van der Waals surface area contributed by atoms with E-state index in [0.717, 1.165) is 31.2 Å². The molecule has 18 heavy (non-hydrogen) atoms. The maximum Gasteiger partial charge on any atom is 0.0912 e. The third kappa shape index (κ3) is 3.09. The van der Waals surface area contributed by atoms with Gasteiger partial charge in [-0.25, -0.2) is 4.98 Å². The maximum atomic E-state index is 5.93. The summed E-state index contributed by atoms with van der Waals surface area (Å²) in [5, 5.41) is 6.55. The standard InChI is InChI=1S/C13H23N3OS/c1-4-5-16-6-7-17-12(8-14-3)13(16)11-9-18-10(2)15-11/h9,12-14H,4-8H2,1-3H3. The van der Waals surface area contributed by atoms with Gasteiger partial charge >= 0.3 is 0 Å². The van der Waals surface area contributed by atoms with Crippen molar-refractivity contribution >= 4 is 11.3 Å². The van der Waals surface area contributed by atoms with E-state index in [4.69, 9.17) is 4.74 Å². The highest BCUT2D eigenvalue weighted by Crippen LogP contribution is 2.30. The molecule has 0 amide bonds. The smallest absolute Gasteiger partial charge is 0.0912 e. The van der Waals surface area contributed by atoms with E-state index in [2.05, 4.69) is 34.4 Å². The number of morpholine rings is 1. The van der Waals surface area contributed by atoms with Crippen LogP contribution in [0.2, 0.25) is 0 Å².